The van der Waals surface area contributed by atoms with Crippen molar-refractivity contribution in [2.45, 2.75) is 65.1 Å². The van der Waals surface area contributed by atoms with Gasteiger partial charge in [0.1, 0.15) is 6.04 Å². The molecule has 0 radical (unpaired) electrons. The third-order valence-electron chi connectivity index (χ3n) is 7.37. The first kappa shape index (κ1) is 22.4. The summed E-state index contributed by atoms with van der Waals surface area (Å²) in [7, 11) is 0. The van der Waals surface area contributed by atoms with E-state index in [0.717, 1.165) is 36.0 Å². The molecule has 4 nitrogen and oxygen atoms in total. The predicted molar refractivity (Wildman–Crippen MR) is 135 cm³/mol. The number of nitrogens with one attached hydrogen (secondary N) is 1. The van der Waals surface area contributed by atoms with Crippen LogP contribution in [0, 0.1) is 20.8 Å². The van der Waals surface area contributed by atoms with Gasteiger partial charge in [-0.05, 0) is 80.0 Å². The number of nitrogens with zero attached hydrogens (tertiary/aromatic N) is 1. The van der Waals surface area contributed by atoms with Gasteiger partial charge < -0.3 is 10.2 Å². The van der Waals surface area contributed by atoms with E-state index in [9.17, 15) is 9.59 Å². The van der Waals surface area contributed by atoms with Crippen LogP contribution in [0.1, 0.15) is 68.2 Å². The van der Waals surface area contributed by atoms with Gasteiger partial charge in [0.2, 0.25) is 5.91 Å². The molecule has 34 heavy (non-hydrogen) atoms. The zero-order chi connectivity index (χ0) is 23.8. The van der Waals surface area contributed by atoms with Crippen molar-refractivity contribution in [2.75, 3.05) is 0 Å². The Balaban J connectivity index is 1.45. The predicted octanol–water partition coefficient (Wildman–Crippen LogP) is 5.37. The molecule has 1 aliphatic heterocycles. The fourth-order valence-electron chi connectivity index (χ4n) is 5.57. The summed E-state index contributed by atoms with van der Waals surface area (Å²) >= 11 is 0. The third kappa shape index (κ3) is 4.25. The summed E-state index contributed by atoms with van der Waals surface area (Å²) in [6.07, 6.45) is 3.58. The van der Waals surface area contributed by atoms with Crippen LogP contribution in [-0.4, -0.2) is 22.8 Å². The van der Waals surface area contributed by atoms with Crippen LogP contribution in [-0.2, 0) is 24.2 Å². The molecule has 2 unspecified atom stereocenters. The normalized spacial score (nSPS) is 19.2. The summed E-state index contributed by atoms with van der Waals surface area (Å²) in [6, 6.07) is 19.7. The van der Waals surface area contributed by atoms with E-state index in [2.05, 4.69) is 43.4 Å². The maximum Gasteiger partial charge on any atom is 0.254 e. The third-order valence-corrected chi connectivity index (χ3v) is 7.37. The van der Waals surface area contributed by atoms with Gasteiger partial charge >= 0.3 is 0 Å². The molecule has 0 bridgehead atoms. The monoisotopic (exact) mass is 452 g/mol. The molecule has 1 N–H and O–H groups in total. The number of benzene rings is 3. The van der Waals surface area contributed by atoms with Crippen molar-refractivity contribution in [3.63, 3.8) is 0 Å². The summed E-state index contributed by atoms with van der Waals surface area (Å²) < 4.78 is 0. The minimum Gasteiger partial charge on any atom is -0.347 e. The molecule has 0 spiro atoms. The molecule has 0 fully saturated rings. The Morgan fingerprint density at radius 1 is 0.912 bits per heavy atom. The topological polar surface area (TPSA) is 49.4 Å². The van der Waals surface area contributed by atoms with Crippen molar-refractivity contribution in [1.82, 2.24) is 10.2 Å². The molecule has 2 amide bonds. The average Bonchev–Trinajstić information content (AvgIpc) is 2.83. The summed E-state index contributed by atoms with van der Waals surface area (Å²) in [5.74, 6) is -0.155. The van der Waals surface area contributed by atoms with Crippen LogP contribution in [0.5, 0.6) is 0 Å². The van der Waals surface area contributed by atoms with Crippen LogP contribution in [0.15, 0.2) is 60.7 Å². The SMILES string of the molecule is Cc1ccc(C(=O)N2Cc3ccccc3CC2C(=O)NC2CCCc3c(C)cc(C)cc32)cc1. The van der Waals surface area contributed by atoms with Gasteiger partial charge in [-0.3, -0.25) is 9.59 Å². The van der Waals surface area contributed by atoms with Gasteiger partial charge in [0, 0.05) is 18.5 Å². The second-order valence-corrected chi connectivity index (χ2v) is 9.89. The van der Waals surface area contributed by atoms with Crippen LogP contribution >= 0.6 is 0 Å². The van der Waals surface area contributed by atoms with Gasteiger partial charge in [0.15, 0.2) is 0 Å². The molecule has 2 atom stereocenters. The Morgan fingerprint density at radius 3 is 2.41 bits per heavy atom. The van der Waals surface area contributed by atoms with Crippen molar-refractivity contribution in [2.24, 2.45) is 0 Å². The highest BCUT2D eigenvalue weighted by Crippen LogP contribution is 2.33. The zero-order valence-electron chi connectivity index (χ0n) is 20.2. The fraction of sp³-hybridized carbons (Fsp3) is 0.333. The van der Waals surface area contributed by atoms with E-state index in [1.54, 1.807) is 4.90 Å². The lowest BCUT2D eigenvalue weighted by atomic mass is 9.83. The molecule has 0 saturated carbocycles. The largest absolute Gasteiger partial charge is 0.347 e. The van der Waals surface area contributed by atoms with Crippen LogP contribution in [0.4, 0.5) is 0 Å². The maximum absolute atomic E-state index is 13.8. The molecule has 3 aromatic rings. The zero-order valence-corrected chi connectivity index (χ0v) is 20.2. The highest BCUT2D eigenvalue weighted by molar-refractivity contribution is 5.98. The van der Waals surface area contributed by atoms with E-state index < -0.39 is 6.04 Å². The highest BCUT2D eigenvalue weighted by atomic mass is 16.2. The quantitative estimate of drug-likeness (QED) is 0.581. The Labute approximate surface area is 202 Å². The molecule has 3 aromatic carbocycles. The van der Waals surface area contributed by atoms with Crippen LogP contribution in [0.25, 0.3) is 0 Å². The van der Waals surface area contributed by atoms with Gasteiger partial charge in [-0.1, -0.05) is 59.7 Å². The maximum atomic E-state index is 13.8. The van der Waals surface area contributed by atoms with Gasteiger partial charge in [0.25, 0.3) is 5.91 Å². The van der Waals surface area contributed by atoms with Gasteiger partial charge in [-0.25, -0.2) is 0 Å². The van der Waals surface area contributed by atoms with E-state index in [-0.39, 0.29) is 17.9 Å². The minimum absolute atomic E-state index is 0.0108. The lowest BCUT2D eigenvalue weighted by Crippen LogP contribution is -2.53. The Hall–Kier alpha value is -3.40. The summed E-state index contributed by atoms with van der Waals surface area (Å²) in [6.45, 7) is 6.73. The molecule has 5 rings (SSSR count). The molecule has 2 aliphatic rings. The molecular weight excluding hydrogens is 420 g/mol. The van der Waals surface area contributed by atoms with Crippen molar-refractivity contribution in [3.8, 4) is 0 Å². The highest BCUT2D eigenvalue weighted by Gasteiger charge is 2.36. The Morgan fingerprint density at radius 2 is 1.65 bits per heavy atom. The molecule has 1 heterocycles. The van der Waals surface area contributed by atoms with Crippen LogP contribution in [0.2, 0.25) is 0 Å². The van der Waals surface area contributed by atoms with E-state index >= 15 is 0 Å². The second-order valence-electron chi connectivity index (χ2n) is 9.89. The number of amides is 2. The van der Waals surface area contributed by atoms with Crippen molar-refractivity contribution in [3.05, 3.63) is 105 Å². The van der Waals surface area contributed by atoms with E-state index in [0.29, 0.717) is 18.5 Å². The molecule has 4 heteroatoms. The summed E-state index contributed by atoms with van der Waals surface area (Å²) in [4.78, 5) is 29.1. The lowest BCUT2D eigenvalue weighted by molar-refractivity contribution is -0.127. The molecule has 0 saturated heterocycles. The standard InChI is InChI=1S/C30H32N2O2/c1-19-11-13-22(14-12-19)30(34)32-18-24-8-5-4-7-23(24)17-28(32)29(33)31-27-10-6-9-25-21(3)15-20(2)16-26(25)27/h4-5,7-8,11-16,27-28H,6,9-10,17-18H2,1-3H3,(H,31,33). The van der Waals surface area contributed by atoms with Crippen LogP contribution in [0.3, 0.4) is 0 Å². The lowest BCUT2D eigenvalue weighted by Gasteiger charge is -2.37. The second kappa shape index (κ2) is 9.09. The Bertz CT molecular complexity index is 1250. The number of hydrogen-bond donors (Lipinski definition) is 1. The van der Waals surface area contributed by atoms with E-state index in [4.69, 9.17) is 0 Å². The smallest absolute Gasteiger partial charge is 0.254 e. The number of carbonyl (C=O) groups excluding carboxylic acids is 2. The van der Waals surface area contributed by atoms with Gasteiger partial charge in [-0.2, -0.15) is 0 Å². The van der Waals surface area contributed by atoms with E-state index in [1.807, 2.05) is 43.3 Å². The number of hydrogen-bond acceptors (Lipinski definition) is 2. The number of aryl methyl sites for hydroxylation is 3. The first-order chi connectivity index (χ1) is 16.4. The summed E-state index contributed by atoms with van der Waals surface area (Å²) in [5, 5.41) is 3.34. The number of rotatable bonds is 3. The van der Waals surface area contributed by atoms with E-state index in [1.165, 1.54) is 22.3 Å². The molecule has 174 valence electrons. The van der Waals surface area contributed by atoms with Crippen molar-refractivity contribution < 1.29 is 9.59 Å². The van der Waals surface area contributed by atoms with Gasteiger partial charge in [-0.15, -0.1) is 0 Å². The minimum atomic E-state index is -0.528. The molecular formula is C30H32N2O2. The number of carbonyl (C=O) groups is 2. The van der Waals surface area contributed by atoms with Crippen molar-refractivity contribution >= 4 is 11.8 Å². The molecule has 1 aliphatic carbocycles. The first-order valence-corrected chi connectivity index (χ1v) is 12.3. The van der Waals surface area contributed by atoms with Crippen LogP contribution < -0.4 is 5.32 Å². The molecule has 0 aromatic heterocycles. The number of fused-ring (bicyclic) bond motifs is 2. The first-order valence-electron chi connectivity index (χ1n) is 12.3. The summed E-state index contributed by atoms with van der Waals surface area (Å²) in [5.41, 5.74) is 9.12. The van der Waals surface area contributed by atoms with Gasteiger partial charge in [0.05, 0.1) is 6.04 Å². The fourth-order valence-corrected chi connectivity index (χ4v) is 5.57. The van der Waals surface area contributed by atoms with Crippen molar-refractivity contribution in [1.29, 1.82) is 0 Å². The Kier molecular flexibility index (Phi) is 5.99. The average molecular weight is 453 g/mol.